The zero-order valence-corrected chi connectivity index (χ0v) is 21.1. The average Bonchev–Trinajstić information content (AvgIpc) is 2.92. The molecule has 0 heterocycles. The summed E-state index contributed by atoms with van der Waals surface area (Å²) in [7, 11) is -2.07. The van der Waals surface area contributed by atoms with Crippen LogP contribution in [-0.2, 0) is 19.4 Å². The van der Waals surface area contributed by atoms with E-state index in [4.69, 9.17) is 19.9 Å². The number of rotatable bonds is 9. The van der Waals surface area contributed by atoms with E-state index in [9.17, 15) is 18.0 Å². The van der Waals surface area contributed by atoms with Crippen LogP contribution in [0.3, 0.4) is 0 Å². The lowest BCUT2D eigenvalue weighted by Crippen LogP contribution is -2.55. The van der Waals surface area contributed by atoms with Crippen LogP contribution >= 0.6 is 0 Å². The number of nitrogens with two attached hydrogens (primary N) is 1. The van der Waals surface area contributed by atoms with Crippen molar-refractivity contribution in [2.45, 2.75) is 16.2 Å². The van der Waals surface area contributed by atoms with Crippen LogP contribution in [0.25, 0.3) is 0 Å². The molecular weight excluding hydrogens is 496 g/mol. The van der Waals surface area contributed by atoms with Gasteiger partial charge in [-0.2, -0.15) is 0 Å². The third kappa shape index (κ3) is 6.27. The number of hydrogen-bond acceptors (Lipinski definition) is 8. The molecule has 0 spiro atoms. The minimum absolute atomic E-state index is 0.0458. The summed E-state index contributed by atoms with van der Waals surface area (Å²) < 4.78 is 42.6. The molecule has 0 saturated heterocycles. The van der Waals surface area contributed by atoms with Crippen molar-refractivity contribution in [3.8, 4) is 23.3 Å². The van der Waals surface area contributed by atoms with Crippen molar-refractivity contribution in [2.75, 3.05) is 26.1 Å². The second kappa shape index (κ2) is 12.1. The van der Waals surface area contributed by atoms with E-state index in [1.807, 2.05) is 6.07 Å². The van der Waals surface area contributed by atoms with Crippen LogP contribution in [0.15, 0.2) is 83.8 Å². The molecule has 3 rings (SSSR count). The number of amides is 1. The fourth-order valence-corrected chi connectivity index (χ4v) is 4.89. The molecule has 0 aromatic heterocycles. The molecule has 0 radical (unpaired) electrons. The summed E-state index contributed by atoms with van der Waals surface area (Å²) in [4.78, 5) is 22.5. The largest absolute Gasteiger partial charge is 0.497 e. The van der Waals surface area contributed by atoms with E-state index in [1.54, 1.807) is 42.5 Å². The van der Waals surface area contributed by atoms with E-state index < -0.39 is 33.0 Å². The fraction of sp³-hybridized carbons (Fsp3) is 0.185. The molecule has 0 aliphatic heterocycles. The highest BCUT2D eigenvalue weighted by atomic mass is 32.2. The zero-order valence-electron chi connectivity index (χ0n) is 20.3. The summed E-state index contributed by atoms with van der Waals surface area (Å²) in [5.74, 6) is 4.65. The number of carbonyl (C=O) groups is 2. The number of hydrogen-bond donors (Lipinski definition) is 2. The van der Waals surface area contributed by atoms with Crippen LogP contribution < -0.4 is 20.5 Å². The van der Waals surface area contributed by atoms with Gasteiger partial charge in [0.1, 0.15) is 18.1 Å². The smallest absolute Gasteiger partial charge is 0.343 e. The third-order valence-corrected chi connectivity index (χ3v) is 7.52. The van der Waals surface area contributed by atoms with Crippen molar-refractivity contribution in [1.29, 1.82) is 0 Å². The van der Waals surface area contributed by atoms with Crippen LogP contribution in [0.2, 0.25) is 0 Å². The predicted molar refractivity (Wildman–Crippen MR) is 138 cm³/mol. The lowest BCUT2D eigenvalue weighted by Gasteiger charge is -2.25. The van der Waals surface area contributed by atoms with Gasteiger partial charge in [-0.3, -0.25) is 4.79 Å². The first-order chi connectivity index (χ1) is 17.7. The number of para-hydroxylation sites is 2. The summed E-state index contributed by atoms with van der Waals surface area (Å²) in [6.07, 6.45) is -0.569. The van der Waals surface area contributed by atoms with E-state index in [2.05, 4.69) is 17.2 Å². The number of sulfone groups is 1. The van der Waals surface area contributed by atoms with Crippen molar-refractivity contribution < 1.29 is 32.2 Å². The molecule has 1 unspecified atom stereocenters. The second-order valence-electron chi connectivity index (χ2n) is 7.70. The van der Waals surface area contributed by atoms with Gasteiger partial charge in [-0.25, -0.2) is 13.2 Å². The quantitative estimate of drug-likeness (QED) is 0.324. The maximum Gasteiger partial charge on any atom is 0.343 e. The maximum atomic E-state index is 13.7. The Morgan fingerprint density at radius 2 is 1.54 bits per heavy atom. The Kier molecular flexibility index (Phi) is 8.90. The molecule has 1 atom stereocenters. The summed E-state index contributed by atoms with van der Waals surface area (Å²) >= 11 is 0. The Hall–Kier alpha value is -4.33. The SMILES string of the molecule is COC(=O)C(N)(CC#CCOc1ccccc1)S(=O)(=O)c1ccccc1NC(=O)c1ccc(OC)cc1. The molecule has 3 aromatic rings. The monoisotopic (exact) mass is 522 g/mol. The lowest BCUT2D eigenvalue weighted by atomic mass is 10.2. The lowest BCUT2D eigenvalue weighted by molar-refractivity contribution is -0.143. The normalized spacial score (nSPS) is 12.3. The molecule has 10 heteroatoms. The van der Waals surface area contributed by atoms with Crippen LogP contribution in [0.4, 0.5) is 5.69 Å². The second-order valence-corrected chi connectivity index (χ2v) is 9.87. The minimum Gasteiger partial charge on any atom is -0.497 e. The Morgan fingerprint density at radius 3 is 2.19 bits per heavy atom. The van der Waals surface area contributed by atoms with Gasteiger partial charge in [-0.15, -0.1) is 0 Å². The van der Waals surface area contributed by atoms with E-state index in [0.29, 0.717) is 11.5 Å². The number of nitrogens with one attached hydrogen (secondary N) is 1. The van der Waals surface area contributed by atoms with Crippen molar-refractivity contribution in [1.82, 2.24) is 0 Å². The number of carbonyl (C=O) groups excluding carboxylic acids is 2. The first kappa shape index (κ1) is 27.3. The molecule has 9 nitrogen and oxygen atoms in total. The molecule has 0 fully saturated rings. The van der Waals surface area contributed by atoms with Crippen LogP contribution in [0.1, 0.15) is 16.8 Å². The van der Waals surface area contributed by atoms with E-state index >= 15 is 0 Å². The molecule has 0 bridgehead atoms. The predicted octanol–water partition coefficient (Wildman–Crippen LogP) is 3.02. The summed E-state index contributed by atoms with van der Waals surface area (Å²) in [6, 6.07) is 20.8. The highest BCUT2D eigenvalue weighted by molar-refractivity contribution is 7.93. The van der Waals surface area contributed by atoms with Crippen molar-refractivity contribution in [3.05, 3.63) is 84.4 Å². The summed E-state index contributed by atoms with van der Waals surface area (Å²) in [5, 5.41) is 2.57. The number of anilines is 1. The zero-order chi connectivity index (χ0) is 26.9. The molecule has 1 amide bonds. The van der Waals surface area contributed by atoms with Crippen molar-refractivity contribution >= 4 is 27.4 Å². The van der Waals surface area contributed by atoms with Crippen LogP contribution in [-0.4, -0.2) is 46.0 Å². The highest BCUT2D eigenvalue weighted by Gasteiger charge is 2.50. The van der Waals surface area contributed by atoms with Gasteiger partial charge in [0.15, 0.2) is 0 Å². The Bertz CT molecular complexity index is 1410. The van der Waals surface area contributed by atoms with Gasteiger partial charge < -0.3 is 25.3 Å². The summed E-state index contributed by atoms with van der Waals surface area (Å²) in [5.41, 5.74) is 6.38. The first-order valence-corrected chi connectivity index (χ1v) is 12.5. The minimum atomic E-state index is -4.60. The van der Waals surface area contributed by atoms with Crippen molar-refractivity contribution in [3.63, 3.8) is 0 Å². The molecule has 0 saturated carbocycles. The molecule has 192 valence electrons. The van der Waals surface area contributed by atoms with Gasteiger partial charge >= 0.3 is 5.97 Å². The van der Waals surface area contributed by atoms with E-state index in [1.165, 1.54) is 37.4 Å². The molecule has 37 heavy (non-hydrogen) atoms. The van der Waals surface area contributed by atoms with Crippen LogP contribution in [0, 0.1) is 11.8 Å². The Morgan fingerprint density at radius 1 is 0.892 bits per heavy atom. The molecule has 3 N–H and O–H groups in total. The van der Waals surface area contributed by atoms with E-state index in [0.717, 1.165) is 7.11 Å². The molecule has 0 aliphatic carbocycles. The van der Waals surface area contributed by atoms with Crippen LogP contribution in [0.5, 0.6) is 11.5 Å². The number of benzene rings is 3. The van der Waals surface area contributed by atoms with Gasteiger partial charge in [-0.05, 0) is 48.5 Å². The number of esters is 1. The Labute approximate surface area is 215 Å². The first-order valence-electron chi connectivity index (χ1n) is 11.0. The average molecular weight is 523 g/mol. The molecule has 3 aromatic carbocycles. The third-order valence-electron chi connectivity index (χ3n) is 5.32. The molecule has 0 aliphatic rings. The topological polar surface area (TPSA) is 134 Å². The number of methoxy groups -OCH3 is 2. The molecular formula is C27H26N2O7S. The van der Waals surface area contributed by atoms with Gasteiger partial charge in [0, 0.05) is 5.56 Å². The highest BCUT2D eigenvalue weighted by Crippen LogP contribution is 2.31. The fourth-order valence-electron chi connectivity index (χ4n) is 3.27. The van der Waals surface area contributed by atoms with E-state index in [-0.39, 0.29) is 22.8 Å². The van der Waals surface area contributed by atoms with Gasteiger partial charge in [0.2, 0.25) is 14.7 Å². The standard InChI is InChI=1S/C27H26N2O7S/c1-34-21-16-14-20(15-17-21)25(30)29-23-12-6-7-13-24(23)37(32,33)27(28,26(31)35-2)18-8-9-19-36-22-10-4-3-5-11-22/h3-7,10-17H,18-19,28H2,1-2H3,(H,29,30). The van der Waals surface area contributed by atoms with Gasteiger partial charge in [-0.1, -0.05) is 42.2 Å². The Balaban J connectivity index is 1.86. The maximum absolute atomic E-state index is 13.7. The van der Waals surface area contributed by atoms with Crippen molar-refractivity contribution in [2.24, 2.45) is 5.73 Å². The van der Waals surface area contributed by atoms with Gasteiger partial charge in [0.25, 0.3) is 5.91 Å². The number of ether oxygens (including phenoxy) is 3. The van der Waals surface area contributed by atoms with Gasteiger partial charge in [0.05, 0.1) is 31.2 Å². The summed E-state index contributed by atoms with van der Waals surface area (Å²) in [6.45, 7) is -0.0458.